The molecule has 228 valence electrons. The summed E-state index contributed by atoms with van der Waals surface area (Å²) >= 11 is 5.98. The molecule has 1 saturated heterocycles. The standard InChI is InChI=1S/C32H31ClFN5O5/c1-32(22-7-6-20(33)16-23(22)34)43-26-5-3-4-21(29(26)44-32)19-10-13-38(14-11-19)17-27-36-24-8-9-25(31(40)41-2)37-30(24)39(27)18-28-35-12-15-42-28/h3-9,12,15-16,19,31,40H,10-11,13-14,17-18H2,1-2H3. The Morgan fingerprint density at radius 2 is 1.95 bits per heavy atom. The van der Waals surface area contributed by atoms with E-state index in [0.717, 1.165) is 37.3 Å². The molecule has 10 nitrogen and oxygen atoms in total. The summed E-state index contributed by atoms with van der Waals surface area (Å²) in [5.41, 5.74) is 3.09. The molecule has 0 spiro atoms. The predicted octanol–water partition coefficient (Wildman–Crippen LogP) is 5.92. The zero-order chi connectivity index (χ0) is 30.4. The van der Waals surface area contributed by atoms with Gasteiger partial charge in [0.15, 0.2) is 23.4 Å². The number of aliphatic hydroxyl groups excluding tert-OH is 1. The van der Waals surface area contributed by atoms with Crippen molar-refractivity contribution < 1.29 is 28.1 Å². The van der Waals surface area contributed by atoms with Crippen LogP contribution in [0.1, 0.15) is 60.5 Å². The van der Waals surface area contributed by atoms with Gasteiger partial charge in [-0.25, -0.2) is 19.3 Å². The van der Waals surface area contributed by atoms with E-state index in [0.29, 0.717) is 57.9 Å². The van der Waals surface area contributed by atoms with Crippen LogP contribution in [-0.2, 0) is 23.6 Å². The molecule has 44 heavy (non-hydrogen) atoms. The maximum absolute atomic E-state index is 14.8. The second-order valence-electron chi connectivity index (χ2n) is 11.2. The number of methoxy groups -OCH3 is 1. The van der Waals surface area contributed by atoms with Gasteiger partial charge in [0.25, 0.3) is 5.79 Å². The van der Waals surface area contributed by atoms with E-state index in [-0.39, 0.29) is 5.92 Å². The Hall–Kier alpha value is -4.03. The monoisotopic (exact) mass is 619 g/mol. The Balaban J connectivity index is 1.09. The lowest BCUT2D eigenvalue weighted by atomic mass is 9.88. The van der Waals surface area contributed by atoms with Gasteiger partial charge < -0.3 is 28.3 Å². The van der Waals surface area contributed by atoms with Gasteiger partial charge >= 0.3 is 0 Å². The number of aliphatic hydroxyl groups is 1. The van der Waals surface area contributed by atoms with E-state index in [4.69, 9.17) is 35.2 Å². The largest absolute Gasteiger partial charge is 0.447 e. The molecule has 7 rings (SSSR count). The molecule has 0 aliphatic carbocycles. The molecule has 2 aliphatic rings. The van der Waals surface area contributed by atoms with Crippen molar-refractivity contribution in [1.29, 1.82) is 0 Å². The summed E-state index contributed by atoms with van der Waals surface area (Å²) < 4.78 is 39.9. The van der Waals surface area contributed by atoms with Crippen molar-refractivity contribution in [3.8, 4) is 11.5 Å². The number of hydrogen-bond donors (Lipinski definition) is 1. The Kier molecular flexibility index (Phi) is 7.49. The van der Waals surface area contributed by atoms with Crippen molar-refractivity contribution in [3.05, 3.63) is 100 Å². The third kappa shape index (κ3) is 5.30. The summed E-state index contributed by atoms with van der Waals surface area (Å²) in [4.78, 5) is 16.2. The number of pyridine rings is 1. The number of para-hydroxylation sites is 1. The molecule has 2 aliphatic heterocycles. The van der Waals surface area contributed by atoms with E-state index < -0.39 is 17.9 Å². The van der Waals surface area contributed by atoms with Crippen LogP contribution in [0.2, 0.25) is 5.02 Å². The second-order valence-corrected chi connectivity index (χ2v) is 11.6. The number of nitrogens with zero attached hydrogens (tertiary/aromatic N) is 5. The number of halogens is 2. The van der Waals surface area contributed by atoms with E-state index >= 15 is 0 Å². The summed E-state index contributed by atoms with van der Waals surface area (Å²) in [6, 6.07) is 13.9. The van der Waals surface area contributed by atoms with Crippen LogP contribution in [0.25, 0.3) is 11.2 Å². The predicted molar refractivity (Wildman–Crippen MR) is 159 cm³/mol. The highest BCUT2D eigenvalue weighted by Gasteiger charge is 2.43. The van der Waals surface area contributed by atoms with E-state index in [1.807, 2.05) is 22.8 Å². The minimum atomic E-state index is -1.29. The van der Waals surface area contributed by atoms with Gasteiger partial charge in [-0.05, 0) is 68.2 Å². The maximum Gasteiger partial charge on any atom is 0.278 e. The molecule has 2 unspecified atom stereocenters. The lowest BCUT2D eigenvalue weighted by Gasteiger charge is -2.32. The van der Waals surface area contributed by atoms with E-state index in [2.05, 4.69) is 20.9 Å². The molecule has 0 bridgehead atoms. The van der Waals surface area contributed by atoms with E-state index in [1.165, 1.54) is 19.4 Å². The van der Waals surface area contributed by atoms with E-state index in [9.17, 15) is 9.50 Å². The molecular weight excluding hydrogens is 589 g/mol. The summed E-state index contributed by atoms with van der Waals surface area (Å²) in [5.74, 6) is 1.11. The Labute approximate surface area is 258 Å². The van der Waals surface area contributed by atoms with Crippen molar-refractivity contribution in [2.45, 2.75) is 50.8 Å². The molecule has 12 heteroatoms. The third-order valence-corrected chi connectivity index (χ3v) is 8.60. The number of oxazole rings is 1. The number of benzene rings is 2. The van der Waals surface area contributed by atoms with Gasteiger partial charge in [0.1, 0.15) is 30.0 Å². The molecular formula is C32H31ClFN5O5. The van der Waals surface area contributed by atoms with Crippen LogP contribution in [0.5, 0.6) is 11.5 Å². The van der Waals surface area contributed by atoms with Crippen LogP contribution in [0.15, 0.2) is 65.4 Å². The zero-order valence-corrected chi connectivity index (χ0v) is 25.0. The molecule has 0 saturated carbocycles. The smallest absolute Gasteiger partial charge is 0.278 e. The number of likely N-dealkylation sites (tertiary alicyclic amines) is 1. The fourth-order valence-corrected chi connectivity index (χ4v) is 6.27. The first-order valence-electron chi connectivity index (χ1n) is 14.5. The van der Waals surface area contributed by atoms with Crippen molar-refractivity contribution in [1.82, 2.24) is 24.4 Å². The number of aromatic nitrogens is 4. The first-order chi connectivity index (χ1) is 21.3. The number of ether oxygens (including phenoxy) is 3. The quantitative estimate of drug-likeness (QED) is 0.212. The van der Waals surface area contributed by atoms with Crippen molar-refractivity contribution in [2.24, 2.45) is 0 Å². The molecule has 5 heterocycles. The molecule has 0 amide bonds. The maximum atomic E-state index is 14.8. The molecule has 2 aromatic carbocycles. The first-order valence-corrected chi connectivity index (χ1v) is 14.8. The molecule has 3 aromatic heterocycles. The van der Waals surface area contributed by atoms with Gasteiger partial charge in [0.2, 0.25) is 5.89 Å². The number of rotatable bonds is 8. The minimum Gasteiger partial charge on any atom is -0.447 e. The van der Waals surface area contributed by atoms with Gasteiger partial charge in [-0.3, -0.25) is 4.90 Å². The highest BCUT2D eigenvalue weighted by atomic mass is 35.5. The number of imidazole rings is 1. The fraction of sp³-hybridized carbons (Fsp3) is 0.344. The summed E-state index contributed by atoms with van der Waals surface area (Å²) in [5, 5.41) is 10.5. The second kappa shape index (κ2) is 11.5. The van der Waals surface area contributed by atoms with Gasteiger partial charge in [-0.15, -0.1) is 0 Å². The van der Waals surface area contributed by atoms with Crippen LogP contribution in [-0.4, -0.2) is 49.7 Å². The Morgan fingerprint density at radius 3 is 2.70 bits per heavy atom. The van der Waals surface area contributed by atoms with Crippen molar-refractivity contribution in [2.75, 3.05) is 20.2 Å². The van der Waals surface area contributed by atoms with E-state index in [1.54, 1.807) is 31.3 Å². The topological polar surface area (TPSA) is 108 Å². The molecule has 1 fully saturated rings. The number of fused-ring (bicyclic) bond motifs is 2. The van der Waals surface area contributed by atoms with Crippen molar-refractivity contribution in [3.63, 3.8) is 0 Å². The number of hydrogen-bond acceptors (Lipinski definition) is 9. The van der Waals surface area contributed by atoms with Crippen LogP contribution >= 0.6 is 11.6 Å². The van der Waals surface area contributed by atoms with Crippen LogP contribution in [0.4, 0.5) is 4.39 Å². The highest BCUT2D eigenvalue weighted by molar-refractivity contribution is 6.30. The lowest BCUT2D eigenvalue weighted by molar-refractivity contribution is -0.0797. The fourth-order valence-electron chi connectivity index (χ4n) is 6.11. The van der Waals surface area contributed by atoms with Crippen LogP contribution in [0, 0.1) is 5.82 Å². The molecule has 0 radical (unpaired) electrons. The average molecular weight is 620 g/mol. The number of piperidine rings is 1. The third-order valence-electron chi connectivity index (χ3n) is 8.37. The molecule has 1 N–H and O–H groups in total. The van der Waals surface area contributed by atoms with Crippen LogP contribution < -0.4 is 9.47 Å². The summed E-state index contributed by atoms with van der Waals surface area (Å²) in [6.07, 6.45) is 3.80. The summed E-state index contributed by atoms with van der Waals surface area (Å²) in [7, 11) is 1.43. The summed E-state index contributed by atoms with van der Waals surface area (Å²) in [6.45, 7) is 4.36. The van der Waals surface area contributed by atoms with Crippen LogP contribution in [0.3, 0.4) is 0 Å². The average Bonchev–Trinajstić information content (AvgIpc) is 3.74. The van der Waals surface area contributed by atoms with Gasteiger partial charge in [0, 0.05) is 24.6 Å². The van der Waals surface area contributed by atoms with Gasteiger partial charge in [-0.1, -0.05) is 23.7 Å². The zero-order valence-electron chi connectivity index (χ0n) is 24.2. The minimum absolute atomic E-state index is 0.244. The Bertz CT molecular complexity index is 1810. The molecule has 2 atom stereocenters. The highest BCUT2D eigenvalue weighted by Crippen LogP contribution is 2.49. The Morgan fingerprint density at radius 1 is 1.11 bits per heavy atom. The van der Waals surface area contributed by atoms with Gasteiger partial charge in [-0.2, -0.15) is 0 Å². The van der Waals surface area contributed by atoms with Crippen molar-refractivity contribution >= 4 is 22.8 Å². The normalized spacial score (nSPS) is 19.6. The SMILES string of the molecule is COC(O)c1ccc2nc(CN3CCC(c4cccc5c4OC(C)(c4ccc(Cl)cc4F)O5)CC3)n(Cc3ncco3)c2n1. The first kappa shape index (κ1) is 28.7. The molecule has 5 aromatic rings. The van der Waals surface area contributed by atoms with Gasteiger partial charge in [0.05, 0.1) is 24.0 Å². The lowest BCUT2D eigenvalue weighted by Crippen LogP contribution is -2.34.